The van der Waals surface area contributed by atoms with Crippen LogP contribution in [-0.2, 0) is 16.6 Å². The molecule has 0 radical (unpaired) electrons. The largest absolute Gasteiger partial charge is 0.438 e. The summed E-state index contributed by atoms with van der Waals surface area (Å²) in [7, 11) is -3.95. The highest BCUT2D eigenvalue weighted by atomic mass is 35.5. The molecule has 2 aromatic rings. The van der Waals surface area contributed by atoms with Gasteiger partial charge in [-0.05, 0) is 29.8 Å². The normalized spacial score (nSPS) is 11.3. The van der Waals surface area contributed by atoms with Crippen LogP contribution in [0.15, 0.2) is 45.9 Å². The van der Waals surface area contributed by atoms with Crippen molar-refractivity contribution in [2.24, 2.45) is 5.14 Å². The molecule has 0 bridgehead atoms. The van der Waals surface area contributed by atoms with Gasteiger partial charge in [0.05, 0.1) is 0 Å². The van der Waals surface area contributed by atoms with Gasteiger partial charge in [0.1, 0.15) is 0 Å². The fourth-order valence-corrected chi connectivity index (χ4v) is 2.06. The predicted octanol–water partition coefficient (Wildman–Crippen LogP) is 1.51. The number of rotatable bonds is 4. The van der Waals surface area contributed by atoms with Crippen LogP contribution in [0.5, 0.6) is 0 Å². The number of halogens is 1. The van der Waals surface area contributed by atoms with Gasteiger partial charge in [0.15, 0.2) is 5.76 Å². The highest BCUT2D eigenvalue weighted by molar-refractivity contribution is 7.89. The Kier molecular flexibility index (Phi) is 4.12. The van der Waals surface area contributed by atoms with Crippen molar-refractivity contribution in [3.05, 3.63) is 52.7 Å². The van der Waals surface area contributed by atoms with E-state index < -0.39 is 21.0 Å². The number of carbonyl (C=O) groups excluding carboxylic acids is 1. The monoisotopic (exact) mass is 314 g/mol. The number of hydrogen-bond acceptors (Lipinski definition) is 4. The maximum atomic E-state index is 11.8. The zero-order valence-electron chi connectivity index (χ0n) is 10.2. The van der Waals surface area contributed by atoms with E-state index >= 15 is 0 Å². The number of hydrogen-bond donors (Lipinski definition) is 2. The number of carbonyl (C=O) groups is 1. The SMILES string of the molecule is NS(=O)(=O)c1ccc(C(=O)NCc2ccc(Cl)cc2)o1. The summed E-state index contributed by atoms with van der Waals surface area (Å²) in [6.07, 6.45) is 0. The molecule has 0 aliphatic carbocycles. The summed E-state index contributed by atoms with van der Waals surface area (Å²) in [6, 6.07) is 9.31. The van der Waals surface area contributed by atoms with Gasteiger partial charge in [0.25, 0.3) is 15.9 Å². The second kappa shape index (κ2) is 5.66. The first kappa shape index (κ1) is 14.6. The number of furan rings is 1. The first-order chi connectivity index (χ1) is 9.36. The Morgan fingerprint density at radius 1 is 1.20 bits per heavy atom. The third-order valence-corrected chi connectivity index (χ3v) is 3.48. The number of nitrogens with two attached hydrogens (primary N) is 1. The van der Waals surface area contributed by atoms with E-state index in [0.29, 0.717) is 5.02 Å². The zero-order valence-corrected chi connectivity index (χ0v) is 11.7. The number of benzene rings is 1. The van der Waals surface area contributed by atoms with Crippen LogP contribution in [0.3, 0.4) is 0 Å². The Morgan fingerprint density at radius 2 is 1.85 bits per heavy atom. The lowest BCUT2D eigenvalue weighted by Crippen LogP contribution is -2.22. The van der Waals surface area contributed by atoms with Crippen LogP contribution in [0.1, 0.15) is 16.1 Å². The maximum absolute atomic E-state index is 11.8. The Bertz CT molecular complexity index is 722. The van der Waals surface area contributed by atoms with Gasteiger partial charge in [-0.1, -0.05) is 23.7 Å². The minimum absolute atomic E-state index is 0.122. The van der Waals surface area contributed by atoms with E-state index in [1.807, 2.05) is 0 Å². The molecular formula is C12H11ClN2O4S. The molecule has 1 heterocycles. The van der Waals surface area contributed by atoms with Gasteiger partial charge in [0, 0.05) is 11.6 Å². The van der Waals surface area contributed by atoms with E-state index in [4.69, 9.17) is 21.2 Å². The average molecular weight is 315 g/mol. The Labute approximate surface area is 120 Å². The number of amides is 1. The first-order valence-electron chi connectivity index (χ1n) is 5.51. The molecule has 20 heavy (non-hydrogen) atoms. The highest BCUT2D eigenvalue weighted by Gasteiger charge is 2.17. The minimum Gasteiger partial charge on any atom is -0.438 e. The maximum Gasteiger partial charge on any atom is 0.287 e. The van der Waals surface area contributed by atoms with Crippen LogP contribution in [-0.4, -0.2) is 14.3 Å². The van der Waals surface area contributed by atoms with Gasteiger partial charge >= 0.3 is 0 Å². The molecule has 8 heteroatoms. The standard InChI is InChI=1S/C12H11ClN2O4S/c13-9-3-1-8(2-4-9)7-15-12(16)10-5-6-11(19-10)20(14,17)18/h1-6H,7H2,(H,15,16)(H2,14,17,18). The summed E-state index contributed by atoms with van der Waals surface area (Å²) in [5, 5.41) is 7.62. The van der Waals surface area contributed by atoms with Crippen molar-refractivity contribution >= 4 is 27.5 Å². The summed E-state index contributed by atoms with van der Waals surface area (Å²) in [6.45, 7) is 0.265. The summed E-state index contributed by atoms with van der Waals surface area (Å²) in [5.74, 6) is -0.655. The van der Waals surface area contributed by atoms with Crippen molar-refractivity contribution in [1.29, 1.82) is 0 Å². The lowest BCUT2D eigenvalue weighted by atomic mass is 10.2. The number of primary sulfonamides is 1. The molecule has 1 aromatic heterocycles. The first-order valence-corrected chi connectivity index (χ1v) is 7.44. The quantitative estimate of drug-likeness (QED) is 0.892. The smallest absolute Gasteiger partial charge is 0.287 e. The van der Waals surface area contributed by atoms with Crippen molar-refractivity contribution in [3.8, 4) is 0 Å². The van der Waals surface area contributed by atoms with E-state index in [1.165, 1.54) is 6.07 Å². The van der Waals surface area contributed by atoms with Gasteiger partial charge < -0.3 is 9.73 Å². The molecule has 0 spiro atoms. The van der Waals surface area contributed by atoms with Crippen LogP contribution in [0.4, 0.5) is 0 Å². The van der Waals surface area contributed by atoms with E-state index in [9.17, 15) is 13.2 Å². The molecule has 0 unspecified atom stereocenters. The highest BCUT2D eigenvalue weighted by Crippen LogP contribution is 2.13. The summed E-state index contributed by atoms with van der Waals surface area (Å²) >= 11 is 5.74. The van der Waals surface area contributed by atoms with Crippen LogP contribution in [0.25, 0.3) is 0 Å². The lowest BCUT2D eigenvalue weighted by Gasteiger charge is -2.03. The van der Waals surface area contributed by atoms with Crippen LogP contribution in [0.2, 0.25) is 5.02 Å². The topological polar surface area (TPSA) is 102 Å². The van der Waals surface area contributed by atoms with Crippen molar-refractivity contribution < 1.29 is 17.6 Å². The molecule has 0 fully saturated rings. The predicted molar refractivity (Wildman–Crippen MR) is 72.7 cm³/mol. The van der Waals surface area contributed by atoms with Gasteiger partial charge in [-0.15, -0.1) is 0 Å². The summed E-state index contributed by atoms with van der Waals surface area (Å²) in [4.78, 5) is 11.8. The van der Waals surface area contributed by atoms with Crippen LogP contribution in [0, 0.1) is 0 Å². The molecule has 0 saturated heterocycles. The summed E-state index contributed by atoms with van der Waals surface area (Å²) in [5.41, 5.74) is 0.848. The molecule has 1 aromatic carbocycles. The lowest BCUT2D eigenvalue weighted by molar-refractivity contribution is 0.0918. The minimum atomic E-state index is -3.95. The fraction of sp³-hybridized carbons (Fsp3) is 0.0833. The van der Waals surface area contributed by atoms with Crippen molar-refractivity contribution in [3.63, 3.8) is 0 Å². The molecule has 2 rings (SSSR count). The van der Waals surface area contributed by atoms with Gasteiger partial charge in [-0.25, -0.2) is 13.6 Å². The van der Waals surface area contributed by atoms with E-state index in [0.717, 1.165) is 11.6 Å². The van der Waals surface area contributed by atoms with Crippen molar-refractivity contribution in [2.75, 3.05) is 0 Å². The number of sulfonamides is 1. The van der Waals surface area contributed by atoms with Crippen LogP contribution < -0.4 is 10.5 Å². The third kappa shape index (κ3) is 3.60. The van der Waals surface area contributed by atoms with E-state index in [2.05, 4.69) is 5.32 Å². The molecule has 106 valence electrons. The second-order valence-corrected chi connectivity index (χ2v) is 5.90. The number of nitrogens with one attached hydrogen (secondary N) is 1. The Hall–Kier alpha value is -1.83. The summed E-state index contributed by atoms with van der Waals surface area (Å²) < 4.78 is 26.9. The molecule has 0 aliphatic rings. The Balaban J connectivity index is 2.02. The van der Waals surface area contributed by atoms with Gasteiger partial charge in [-0.2, -0.15) is 0 Å². The Morgan fingerprint density at radius 3 is 2.40 bits per heavy atom. The average Bonchev–Trinajstić information content (AvgIpc) is 2.87. The van der Waals surface area contributed by atoms with Gasteiger partial charge in [-0.3, -0.25) is 4.79 Å². The molecule has 0 atom stereocenters. The third-order valence-electron chi connectivity index (χ3n) is 2.45. The van der Waals surface area contributed by atoms with Crippen LogP contribution >= 0.6 is 11.6 Å². The second-order valence-electron chi connectivity index (χ2n) is 3.97. The van der Waals surface area contributed by atoms with Crippen molar-refractivity contribution in [1.82, 2.24) is 5.32 Å². The fourth-order valence-electron chi connectivity index (χ4n) is 1.47. The van der Waals surface area contributed by atoms with Crippen molar-refractivity contribution in [2.45, 2.75) is 11.6 Å². The molecule has 3 N–H and O–H groups in total. The van der Waals surface area contributed by atoms with E-state index in [1.54, 1.807) is 24.3 Å². The molecule has 0 aliphatic heterocycles. The zero-order chi connectivity index (χ0) is 14.8. The van der Waals surface area contributed by atoms with Gasteiger partial charge in [0.2, 0.25) is 5.09 Å². The van der Waals surface area contributed by atoms with E-state index in [-0.39, 0.29) is 12.3 Å². The molecular weight excluding hydrogens is 304 g/mol. The molecule has 1 amide bonds. The molecule has 6 nitrogen and oxygen atoms in total. The molecule has 0 saturated carbocycles.